The highest BCUT2D eigenvalue weighted by Crippen LogP contribution is 2.28. The van der Waals surface area contributed by atoms with Gasteiger partial charge in [0.2, 0.25) is 0 Å². The van der Waals surface area contributed by atoms with E-state index in [-0.39, 0.29) is 11.3 Å². The molecule has 0 bridgehead atoms. The summed E-state index contributed by atoms with van der Waals surface area (Å²) in [6.45, 7) is 1.67. The zero-order chi connectivity index (χ0) is 20.5. The number of aromatic nitrogens is 2. The summed E-state index contributed by atoms with van der Waals surface area (Å²) in [5.41, 5.74) is -1.22. The molecule has 2 N–H and O–H groups in total. The number of carboxylic acids is 1. The molecule has 3 aromatic rings. The lowest BCUT2D eigenvalue weighted by atomic mass is 10.0. The Balaban J connectivity index is 1.88. The molecule has 0 amide bonds. The van der Waals surface area contributed by atoms with Gasteiger partial charge in [0.1, 0.15) is 17.2 Å². The van der Waals surface area contributed by atoms with Gasteiger partial charge >= 0.3 is 17.8 Å². The fraction of sp³-hybridized carbons (Fsp3) is 0.105. The molecule has 9 heteroatoms. The van der Waals surface area contributed by atoms with E-state index in [0.717, 1.165) is 0 Å². The second-order valence-electron chi connectivity index (χ2n) is 5.89. The van der Waals surface area contributed by atoms with Crippen molar-refractivity contribution in [1.29, 1.82) is 0 Å². The number of benzene rings is 1. The highest BCUT2D eigenvalue weighted by molar-refractivity contribution is 5.90. The first-order valence-electron chi connectivity index (χ1n) is 7.94. The number of rotatable bonds is 4. The third-order valence-corrected chi connectivity index (χ3v) is 3.87. The molecule has 0 aliphatic rings. The van der Waals surface area contributed by atoms with Gasteiger partial charge in [-0.25, -0.2) is 9.59 Å². The normalized spacial score (nSPS) is 11.9. The quantitative estimate of drug-likeness (QED) is 0.695. The largest absolute Gasteiger partial charge is 0.478 e. The number of nitrogens with zero attached hydrogens (tertiary/aromatic N) is 1. The van der Waals surface area contributed by atoms with Crippen molar-refractivity contribution >= 4 is 18.1 Å². The smallest absolute Gasteiger partial charge is 0.431 e. The van der Waals surface area contributed by atoms with Gasteiger partial charge in [0.05, 0.1) is 11.3 Å². The first-order chi connectivity index (χ1) is 13.1. The number of aromatic amines is 1. The lowest BCUT2D eigenvalue weighted by Crippen LogP contribution is -2.19. The number of carbonyl (C=O) groups is 1. The van der Waals surface area contributed by atoms with Gasteiger partial charge in [-0.1, -0.05) is 12.1 Å². The molecule has 1 aromatic carbocycles. The van der Waals surface area contributed by atoms with Crippen LogP contribution in [0.3, 0.4) is 0 Å². The minimum absolute atomic E-state index is 0.137. The first-order valence-corrected chi connectivity index (χ1v) is 7.94. The lowest BCUT2D eigenvalue weighted by molar-refractivity contribution is -0.141. The number of aromatic carboxylic acids is 1. The van der Waals surface area contributed by atoms with Gasteiger partial charge in [-0.3, -0.25) is 0 Å². The molecule has 144 valence electrons. The van der Waals surface area contributed by atoms with Crippen LogP contribution in [0.2, 0.25) is 0 Å². The average molecular weight is 390 g/mol. The molecule has 0 aliphatic heterocycles. The average Bonchev–Trinajstić information content (AvgIpc) is 3.08. The summed E-state index contributed by atoms with van der Waals surface area (Å²) in [5, 5.41) is 9.20. The molecule has 6 nitrogen and oxygen atoms in total. The molecular weight excluding hydrogens is 377 g/mol. The van der Waals surface area contributed by atoms with Crippen molar-refractivity contribution < 1.29 is 27.5 Å². The molecule has 0 saturated heterocycles. The highest BCUT2D eigenvalue weighted by atomic mass is 19.4. The van der Waals surface area contributed by atoms with Crippen LogP contribution in [0.15, 0.2) is 45.6 Å². The Hall–Kier alpha value is -3.62. The summed E-state index contributed by atoms with van der Waals surface area (Å²) in [4.78, 5) is 27.6. The Morgan fingerprint density at radius 3 is 2.61 bits per heavy atom. The van der Waals surface area contributed by atoms with Crippen molar-refractivity contribution in [2.75, 3.05) is 0 Å². The summed E-state index contributed by atoms with van der Waals surface area (Å²) in [6, 6.07) is 8.68. The Kier molecular flexibility index (Phi) is 4.91. The minimum atomic E-state index is -4.70. The zero-order valence-corrected chi connectivity index (χ0v) is 14.4. The number of furan rings is 1. The number of H-pyrrole nitrogens is 1. The van der Waals surface area contributed by atoms with Crippen molar-refractivity contribution in [1.82, 2.24) is 9.97 Å². The number of nitrogens with one attached hydrogen (secondary N) is 1. The van der Waals surface area contributed by atoms with E-state index in [1.54, 1.807) is 36.2 Å². The predicted octanol–water partition coefficient (Wildman–Crippen LogP) is 4.23. The Bertz CT molecular complexity index is 1130. The molecule has 0 atom stereocenters. The van der Waals surface area contributed by atoms with Crippen molar-refractivity contribution in [2.24, 2.45) is 0 Å². The van der Waals surface area contributed by atoms with Crippen LogP contribution in [0.4, 0.5) is 13.2 Å². The number of hydrogen-bond acceptors (Lipinski definition) is 4. The molecule has 0 radical (unpaired) electrons. The van der Waals surface area contributed by atoms with E-state index in [0.29, 0.717) is 28.7 Å². The number of aryl methyl sites for hydroxylation is 1. The Labute approximate surface area is 156 Å². The van der Waals surface area contributed by atoms with Gasteiger partial charge in [-0.05, 0) is 48.9 Å². The molecule has 0 aliphatic carbocycles. The van der Waals surface area contributed by atoms with E-state index in [1.807, 2.05) is 0 Å². The molecule has 3 rings (SSSR count). The monoisotopic (exact) mass is 390 g/mol. The van der Waals surface area contributed by atoms with E-state index >= 15 is 0 Å². The van der Waals surface area contributed by atoms with E-state index < -0.39 is 23.5 Å². The molecule has 0 fully saturated rings. The van der Waals surface area contributed by atoms with Crippen molar-refractivity contribution in [3.05, 3.63) is 75.2 Å². The Morgan fingerprint density at radius 2 is 1.93 bits per heavy atom. The van der Waals surface area contributed by atoms with Crippen molar-refractivity contribution in [3.63, 3.8) is 0 Å². The maximum atomic E-state index is 12.7. The first kappa shape index (κ1) is 19.2. The topological polar surface area (TPSA) is 96.2 Å². The Morgan fingerprint density at radius 1 is 1.18 bits per heavy atom. The van der Waals surface area contributed by atoms with Crippen LogP contribution in [-0.2, 0) is 6.18 Å². The maximum absolute atomic E-state index is 12.7. The summed E-state index contributed by atoms with van der Waals surface area (Å²) >= 11 is 0. The SMILES string of the molecule is Cc1ccc(-c2ccc(/C=C/c3cc(C(F)(F)F)[nH]c(=O)n3)o2)cc1C(=O)O. The molecule has 0 spiro atoms. The van der Waals surface area contributed by atoms with Crippen LogP contribution in [0.1, 0.15) is 33.1 Å². The standard InChI is InChI=1S/C19H13F3N2O4/c1-10-2-3-11(8-14(10)17(25)26)15-7-6-13(28-15)5-4-12-9-16(19(20,21)22)24-18(27)23-12/h2-9H,1H3,(H,25,26)(H,23,24,27)/b5-4+. The highest BCUT2D eigenvalue weighted by Gasteiger charge is 2.32. The number of alkyl halides is 3. The third-order valence-electron chi connectivity index (χ3n) is 3.87. The van der Waals surface area contributed by atoms with Crippen LogP contribution >= 0.6 is 0 Å². The third kappa shape index (κ3) is 4.20. The van der Waals surface area contributed by atoms with Crippen molar-refractivity contribution in [2.45, 2.75) is 13.1 Å². The van der Waals surface area contributed by atoms with Crippen LogP contribution in [0, 0.1) is 6.92 Å². The molecule has 28 heavy (non-hydrogen) atoms. The van der Waals surface area contributed by atoms with Gasteiger partial charge in [-0.2, -0.15) is 18.2 Å². The van der Waals surface area contributed by atoms with E-state index in [2.05, 4.69) is 4.98 Å². The van der Waals surface area contributed by atoms with Crippen molar-refractivity contribution in [3.8, 4) is 11.3 Å². The van der Waals surface area contributed by atoms with Crippen LogP contribution in [0.25, 0.3) is 23.5 Å². The summed E-state index contributed by atoms with van der Waals surface area (Å²) in [6.07, 6.45) is -2.13. The van der Waals surface area contributed by atoms with E-state index in [1.165, 1.54) is 18.2 Å². The second-order valence-corrected chi connectivity index (χ2v) is 5.89. The fourth-order valence-electron chi connectivity index (χ4n) is 2.49. The fourth-order valence-corrected chi connectivity index (χ4v) is 2.49. The molecule has 2 heterocycles. The van der Waals surface area contributed by atoms with E-state index in [9.17, 15) is 27.9 Å². The number of halogens is 3. The van der Waals surface area contributed by atoms with Gasteiger partial charge < -0.3 is 14.5 Å². The lowest BCUT2D eigenvalue weighted by Gasteiger charge is -2.05. The molecule has 0 saturated carbocycles. The van der Waals surface area contributed by atoms with E-state index in [4.69, 9.17) is 4.42 Å². The zero-order valence-electron chi connectivity index (χ0n) is 14.4. The molecular formula is C19H13F3N2O4. The molecule has 0 unspecified atom stereocenters. The van der Waals surface area contributed by atoms with Crippen LogP contribution in [-0.4, -0.2) is 21.0 Å². The summed E-state index contributed by atoms with van der Waals surface area (Å²) in [7, 11) is 0. The number of carboxylic acid groups (broad SMARTS) is 1. The maximum Gasteiger partial charge on any atom is 0.431 e. The van der Waals surface area contributed by atoms with Crippen LogP contribution < -0.4 is 5.69 Å². The van der Waals surface area contributed by atoms with Gasteiger partial charge in [0.15, 0.2) is 0 Å². The predicted molar refractivity (Wildman–Crippen MR) is 94.6 cm³/mol. The number of hydrogen-bond donors (Lipinski definition) is 2. The summed E-state index contributed by atoms with van der Waals surface area (Å²) in [5.74, 6) is -0.382. The van der Waals surface area contributed by atoms with Crippen LogP contribution in [0.5, 0.6) is 0 Å². The van der Waals surface area contributed by atoms with Gasteiger partial charge in [0, 0.05) is 5.56 Å². The molecule has 2 aromatic heterocycles. The second kappa shape index (κ2) is 7.18. The minimum Gasteiger partial charge on any atom is -0.478 e. The summed E-state index contributed by atoms with van der Waals surface area (Å²) < 4.78 is 43.8. The van der Waals surface area contributed by atoms with Gasteiger partial charge in [0.25, 0.3) is 0 Å². The van der Waals surface area contributed by atoms with Gasteiger partial charge in [-0.15, -0.1) is 0 Å².